The fourth-order valence-corrected chi connectivity index (χ4v) is 2.32. The Morgan fingerprint density at radius 1 is 1.00 bits per heavy atom. The summed E-state index contributed by atoms with van der Waals surface area (Å²) in [5, 5.41) is 3.45. The molecular weight excluding hydrogens is 244 g/mol. The topological polar surface area (TPSA) is 38.0 Å². The monoisotopic (exact) mass is 268 g/mol. The second-order valence-electron chi connectivity index (χ2n) is 5.60. The maximum atomic E-state index is 6.29. The van der Waals surface area contributed by atoms with Crippen LogP contribution in [0.15, 0.2) is 48.5 Å². The number of benzene rings is 2. The number of anilines is 2. The first-order valence-corrected chi connectivity index (χ1v) is 7.36. The lowest BCUT2D eigenvalue weighted by atomic mass is 10.0. The molecule has 0 aliphatic carbocycles. The van der Waals surface area contributed by atoms with Gasteiger partial charge in [0.2, 0.25) is 0 Å². The van der Waals surface area contributed by atoms with Crippen molar-refractivity contribution < 1.29 is 0 Å². The van der Waals surface area contributed by atoms with Crippen LogP contribution in [0.5, 0.6) is 0 Å². The van der Waals surface area contributed by atoms with Crippen LogP contribution in [0.3, 0.4) is 0 Å². The molecule has 0 heterocycles. The van der Waals surface area contributed by atoms with E-state index in [-0.39, 0.29) is 0 Å². The van der Waals surface area contributed by atoms with E-state index in [4.69, 9.17) is 5.73 Å². The Bertz CT molecular complexity index is 532. The molecular formula is C18H24N2. The summed E-state index contributed by atoms with van der Waals surface area (Å²) in [6.07, 6.45) is 2.41. The van der Waals surface area contributed by atoms with Gasteiger partial charge in [-0.05, 0) is 30.4 Å². The van der Waals surface area contributed by atoms with Crippen molar-refractivity contribution in [3.63, 3.8) is 0 Å². The number of para-hydroxylation sites is 1. The van der Waals surface area contributed by atoms with E-state index in [1.54, 1.807) is 0 Å². The quantitative estimate of drug-likeness (QED) is 0.584. The lowest BCUT2D eigenvalue weighted by Gasteiger charge is -2.13. The van der Waals surface area contributed by atoms with Crippen molar-refractivity contribution in [2.75, 3.05) is 17.6 Å². The molecule has 2 nitrogen and oxygen atoms in total. The molecule has 0 aliphatic rings. The van der Waals surface area contributed by atoms with Crippen LogP contribution in [0.2, 0.25) is 0 Å². The highest BCUT2D eigenvalue weighted by Crippen LogP contribution is 2.31. The first-order valence-electron chi connectivity index (χ1n) is 7.36. The van der Waals surface area contributed by atoms with Crippen molar-refractivity contribution in [1.29, 1.82) is 0 Å². The van der Waals surface area contributed by atoms with Crippen LogP contribution < -0.4 is 11.1 Å². The molecule has 0 aromatic heterocycles. The standard InChI is InChI=1S/C18H24N2/c1-14(2)8-7-13-20-17-12-6-11-16(18(17)19)15-9-4-3-5-10-15/h3-6,9-12,14,20H,7-8,13,19H2,1-2H3. The highest BCUT2D eigenvalue weighted by molar-refractivity contribution is 5.85. The van der Waals surface area contributed by atoms with Crippen LogP contribution in [0.4, 0.5) is 11.4 Å². The minimum atomic E-state index is 0.754. The molecule has 0 saturated carbocycles. The van der Waals surface area contributed by atoms with E-state index in [0.29, 0.717) is 0 Å². The molecule has 0 spiro atoms. The smallest absolute Gasteiger partial charge is 0.0629 e. The van der Waals surface area contributed by atoms with E-state index in [0.717, 1.165) is 35.0 Å². The van der Waals surface area contributed by atoms with E-state index in [2.05, 4.69) is 49.5 Å². The van der Waals surface area contributed by atoms with Crippen molar-refractivity contribution in [2.24, 2.45) is 5.92 Å². The van der Waals surface area contributed by atoms with Gasteiger partial charge in [0.15, 0.2) is 0 Å². The summed E-state index contributed by atoms with van der Waals surface area (Å²) in [4.78, 5) is 0. The minimum absolute atomic E-state index is 0.754. The molecule has 2 aromatic rings. The molecule has 2 rings (SSSR count). The molecule has 2 heteroatoms. The second-order valence-corrected chi connectivity index (χ2v) is 5.60. The van der Waals surface area contributed by atoms with Crippen molar-refractivity contribution in [3.05, 3.63) is 48.5 Å². The number of rotatable bonds is 6. The van der Waals surface area contributed by atoms with Crippen molar-refractivity contribution in [2.45, 2.75) is 26.7 Å². The van der Waals surface area contributed by atoms with Crippen LogP contribution in [-0.2, 0) is 0 Å². The summed E-state index contributed by atoms with van der Waals surface area (Å²) < 4.78 is 0. The van der Waals surface area contributed by atoms with Crippen LogP contribution in [0.1, 0.15) is 26.7 Å². The SMILES string of the molecule is CC(C)CCCNc1cccc(-c2ccccc2)c1N. The first-order chi connectivity index (χ1) is 9.68. The zero-order chi connectivity index (χ0) is 14.4. The van der Waals surface area contributed by atoms with Gasteiger partial charge in [-0.1, -0.05) is 56.3 Å². The van der Waals surface area contributed by atoms with Crippen molar-refractivity contribution in [3.8, 4) is 11.1 Å². The summed E-state index contributed by atoms with van der Waals surface area (Å²) in [5.41, 5.74) is 10.4. The Hall–Kier alpha value is -1.96. The Balaban J connectivity index is 2.08. The van der Waals surface area contributed by atoms with Gasteiger partial charge < -0.3 is 11.1 Å². The third kappa shape index (κ3) is 3.77. The van der Waals surface area contributed by atoms with Gasteiger partial charge in [0.1, 0.15) is 0 Å². The summed E-state index contributed by atoms with van der Waals surface area (Å²) in [6.45, 7) is 5.48. The fraction of sp³-hybridized carbons (Fsp3) is 0.333. The van der Waals surface area contributed by atoms with Crippen LogP contribution >= 0.6 is 0 Å². The lowest BCUT2D eigenvalue weighted by Crippen LogP contribution is -2.06. The maximum absolute atomic E-state index is 6.29. The van der Waals surface area contributed by atoms with Crippen LogP contribution in [0.25, 0.3) is 11.1 Å². The molecule has 20 heavy (non-hydrogen) atoms. The number of nitrogens with two attached hydrogens (primary N) is 1. The summed E-state index contributed by atoms with van der Waals surface area (Å²) in [5.74, 6) is 0.754. The third-order valence-electron chi connectivity index (χ3n) is 3.46. The average Bonchev–Trinajstić information content (AvgIpc) is 2.46. The predicted molar refractivity (Wildman–Crippen MR) is 88.9 cm³/mol. The normalized spacial score (nSPS) is 10.8. The van der Waals surface area contributed by atoms with Gasteiger partial charge in [-0.2, -0.15) is 0 Å². The molecule has 0 aliphatic heterocycles. The van der Waals surface area contributed by atoms with Gasteiger partial charge in [0.05, 0.1) is 11.4 Å². The Labute approximate surface area is 122 Å². The Morgan fingerprint density at radius 3 is 2.45 bits per heavy atom. The first kappa shape index (κ1) is 14.4. The fourth-order valence-electron chi connectivity index (χ4n) is 2.32. The molecule has 106 valence electrons. The predicted octanol–water partition coefficient (Wildman–Crippen LogP) is 4.78. The average molecular weight is 268 g/mol. The zero-order valence-corrected chi connectivity index (χ0v) is 12.4. The number of nitrogen functional groups attached to an aromatic ring is 1. The molecule has 0 unspecified atom stereocenters. The molecule has 0 fully saturated rings. The Kier molecular flexibility index (Phi) is 5.05. The summed E-state index contributed by atoms with van der Waals surface area (Å²) in [7, 11) is 0. The molecule has 0 bridgehead atoms. The molecule has 0 atom stereocenters. The maximum Gasteiger partial charge on any atom is 0.0629 e. The molecule has 0 amide bonds. The van der Waals surface area contributed by atoms with Gasteiger partial charge >= 0.3 is 0 Å². The number of hydrogen-bond donors (Lipinski definition) is 2. The van der Waals surface area contributed by atoms with Crippen molar-refractivity contribution >= 4 is 11.4 Å². The van der Waals surface area contributed by atoms with Crippen LogP contribution in [0, 0.1) is 5.92 Å². The second kappa shape index (κ2) is 6.99. The van der Waals surface area contributed by atoms with Gasteiger partial charge in [0, 0.05) is 12.1 Å². The molecule has 0 radical (unpaired) electrons. The molecule has 0 saturated heterocycles. The Morgan fingerprint density at radius 2 is 1.75 bits per heavy atom. The van der Waals surface area contributed by atoms with Crippen LogP contribution in [-0.4, -0.2) is 6.54 Å². The highest BCUT2D eigenvalue weighted by atomic mass is 14.9. The van der Waals surface area contributed by atoms with E-state index < -0.39 is 0 Å². The molecule has 2 aromatic carbocycles. The van der Waals surface area contributed by atoms with Gasteiger partial charge in [0.25, 0.3) is 0 Å². The van der Waals surface area contributed by atoms with Gasteiger partial charge in [-0.15, -0.1) is 0 Å². The number of nitrogens with one attached hydrogen (secondary N) is 1. The highest BCUT2D eigenvalue weighted by Gasteiger charge is 2.06. The van der Waals surface area contributed by atoms with E-state index >= 15 is 0 Å². The van der Waals surface area contributed by atoms with E-state index in [1.807, 2.05) is 18.2 Å². The van der Waals surface area contributed by atoms with Gasteiger partial charge in [-0.3, -0.25) is 0 Å². The summed E-state index contributed by atoms with van der Waals surface area (Å²) >= 11 is 0. The number of hydrogen-bond acceptors (Lipinski definition) is 2. The summed E-state index contributed by atoms with van der Waals surface area (Å²) in [6, 6.07) is 16.5. The molecule has 3 N–H and O–H groups in total. The third-order valence-corrected chi connectivity index (χ3v) is 3.46. The zero-order valence-electron chi connectivity index (χ0n) is 12.4. The minimum Gasteiger partial charge on any atom is -0.397 e. The van der Waals surface area contributed by atoms with Gasteiger partial charge in [-0.25, -0.2) is 0 Å². The largest absolute Gasteiger partial charge is 0.397 e. The lowest BCUT2D eigenvalue weighted by molar-refractivity contribution is 0.567. The van der Waals surface area contributed by atoms with Crippen molar-refractivity contribution in [1.82, 2.24) is 0 Å². The van der Waals surface area contributed by atoms with E-state index in [1.165, 1.54) is 12.8 Å². The van der Waals surface area contributed by atoms with E-state index in [9.17, 15) is 0 Å².